The summed E-state index contributed by atoms with van der Waals surface area (Å²) < 4.78 is 16.8. The highest BCUT2D eigenvalue weighted by molar-refractivity contribution is 5.71. The van der Waals surface area contributed by atoms with E-state index in [1.807, 2.05) is 0 Å². The van der Waals surface area contributed by atoms with Gasteiger partial charge in [0.25, 0.3) is 0 Å². The van der Waals surface area contributed by atoms with Crippen molar-refractivity contribution in [2.75, 3.05) is 13.2 Å². The number of ether oxygens (including phenoxy) is 3. The largest absolute Gasteiger partial charge is 0.462 e. The number of hydrogen-bond acceptors (Lipinski definition) is 6. The van der Waals surface area contributed by atoms with Gasteiger partial charge in [0, 0.05) is 19.3 Å². The predicted octanol–water partition coefficient (Wildman–Crippen LogP) is 18.3. The van der Waals surface area contributed by atoms with E-state index in [1.165, 1.54) is 173 Å². The van der Waals surface area contributed by atoms with E-state index in [0.717, 1.165) is 89.9 Å². The summed E-state index contributed by atoms with van der Waals surface area (Å²) in [5.74, 6) is -0.870. The highest BCUT2D eigenvalue weighted by Gasteiger charge is 2.19. The molecule has 0 aromatic rings. The summed E-state index contributed by atoms with van der Waals surface area (Å²) in [7, 11) is 0. The van der Waals surface area contributed by atoms with Crippen LogP contribution in [0.1, 0.15) is 303 Å². The third kappa shape index (κ3) is 50.7. The zero-order valence-corrected chi connectivity index (χ0v) is 42.4. The van der Waals surface area contributed by atoms with Gasteiger partial charge in [0.2, 0.25) is 0 Å². The average molecular weight is 887 g/mol. The molecule has 0 fully saturated rings. The highest BCUT2D eigenvalue weighted by Crippen LogP contribution is 2.17. The first kappa shape index (κ1) is 60.9. The normalized spacial score (nSPS) is 12.1. The Morgan fingerprint density at radius 3 is 0.937 bits per heavy atom. The molecule has 0 aromatic carbocycles. The van der Waals surface area contributed by atoms with Gasteiger partial charge >= 0.3 is 17.9 Å². The Hall–Kier alpha value is -2.11. The molecule has 0 radical (unpaired) electrons. The maximum atomic E-state index is 12.8. The molecule has 0 heterocycles. The molecule has 6 heteroatoms. The zero-order valence-electron chi connectivity index (χ0n) is 42.4. The standard InChI is InChI=1S/C57H106O6/c1-4-7-10-13-16-19-22-24-25-26-27-28-29-30-31-33-35-38-41-44-47-50-56(59)62-53-54(52-61-55(58)49-46-43-40-37-34-21-18-15-12-9-6-3)63-57(60)51-48-45-42-39-36-32-23-20-17-14-11-8-5-2/h11,14,20,23,54H,4-10,12-13,15-19,21-22,24-53H2,1-3H3/b14-11-,23-20-. The van der Waals surface area contributed by atoms with E-state index in [0.29, 0.717) is 19.3 Å². The zero-order chi connectivity index (χ0) is 45.8. The second-order valence-electron chi connectivity index (χ2n) is 18.9. The topological polar surface area (TPSA) is 78.9 Å². The number of rotatable bonds is 51. The third-order valence-electron chi connectivity index (χ3n) is 12.4. The highest BCUT2D eigenvalue weighted by atomic mass is 16.6. The van der Waals surface area contributed by atoms with Crippen LogP contribution >= 0.6 is 0 Å². The maximum absolute atomic E-state index is 12.8. The predicted molar refractivity (Wildman–Crippen MR) is 270 cm³/mol. The molecule has 0 aliphatic heterocycles. The van der Waals surface area contributed by atoms with Crippen LogP contribution in [-0.2, 0) is 28.6 Å². The van der Waals surface area contributed by atoms with E-state index in [2.05, 4.69) is 45.1 Å². The van der Waals surface area contributed by atoms with E-state index >= 15 is 0 Å². The van der Waals surface area contributed by atoms with Crippen molar-refractivity contribution >= 4 is 17.9 Å². The molecule has 0 spiro atoms. The Morgan fingerprint density at radius 1 is 0.317 bits per heavy atom. The molecule has 0 saturated heterocycles. The van der Waals surface area contributed by atoms with Gasteiger partial charge in [0.05, 0.1) is 0 Å². The SMILES string of the molecule is CCC/C=C\C/C=C\CCCCCCCC(=O)OC(COC(=O)CCCCCCCCCCCCC)COC(=O)CCCCCCCCCCCCCCCCCCCCCCC. The lowest BCUT2D eigenvalue weighted by Gasteiger charge is -2.18. The summed E-state index contributed by atoms with van der Waals surface area (Å²) >= 11 is 0. The van der Waals surface area contributed by atoms with E-state index in [-0.39, 0.29) is 31.1 Å². The Kier molecular flexibility index (Phi) is 50.8. The van der Waals surface area contributed by atoms with Crippen molar-refractivity contribution in [2.45, 2.75) is 309 Å². The molecule has 6 nitrogen and oxygen atoms in total. The van der Waals surface area contributed by atoms with Crippen molar-refractivity contribution < 1.29 is 28.6 Å². The van der Waals surface area contributed by atoms with Crippen molar-refractivity contribution in [2.24, 2.45) is 0 Å². The van der Waals surface area contributed by atoms with Crippen LogP contribution in [0.15, 0.2) is 24.3 Å². The summed E-state index contributed by atoms with van der Waals surface area (Å²) in [6, 6.07) is 0. The molecule has 0 aliphatic carbocycles. The molecule has 0 bridgehead atoms. The van der Waals surface area contributed by atoms with Crippen LogP contribution in [0.5, 0.6) is 0 Å². The van der Waals surface area contributed by atoms with Crippen LogP contribution in [0.3, 0.4) is 0 Å². The Labute approximate surface area is 392 Å². The van der Waals surface area contributed by atoms with E-state index < -0.39 is 6.10 Å². The van der Waals surface area contributed by atoms with E-state index in [1.54, 1.807) is 0 Å². The lowest BCUT2D eigenvalue weighted by Crippen LogP contribution is -2.30. The van der Waals surface area contributed by atoms with Crippen LogP contribution in [0.4, 0.5) is 0 Å². The number of carbonyl (C=O) groups is 3. The van der Waals surface area contributed by atoms with Crippen molar-refractivity contribution in [1.82, 2.24) is 0 Å². The first-order valence-corrected chi connectivity index (χ1v) is 27.8. The average Bonchev–Trinajstić information content (AvgIpc) is 3.28. The molecule has 1 atom stereocenters. The summed E-state index contributed by atoms with van der Waals surface area (Å²) in [5.41, 5.74) is 0. The van der Waals surface area contributed by atoms with E-state index in [4.69, 9.17) is 14.2 Å². The fourth-order valence-corrected chi connectivity index (χ4v) is 8.25. The fourth-order valence-electron chi connectivity index (χ4n) is 8.25. The second-order valence-corrected chi connectivity index (χ2v) is 18.9. The second kappa shape index (κ2) is 52.5. The summed E-state index contributed by atoms with van der Waals surface area (Å²) in [5, 5.41) is 0. The van der Waals surface area contributed by atoms with Crippen LogP contribution < -0.4 is 0 Å². The summed E-state index contributed by atoms with van der Waals surface area (Å²) in [6.45, 7) is 6.60. The molecule has 0 aromatic heterocycles. The molecule has 0 aliphatic rings. The minimum atomic E-state index is -0.772. The van der Waals surface area contributed by atoms with E-state index in [9.17, 15) is 14.4 Å². The molecule has 370 valence electrons. The Morgan fingerprint density at radius 2 is 0.603 bits per heavy atom. The molecular weight excluding hydrogens is 781 g/mol. The van der Waals surface area contributed by atoms with Crippen molar-refractivity contribution in [3.05, 3.63) is 24.3 Å². The van der Waals surface area contributed by atoms with Crippen LogP contribution in [-0.4, -0.2) is 37.2 Å². The summed E-state index contributed by atoms with van der Waals surface area (Å²) in [4.78, 5) is 38.0. The van der Waals surface area contributed by atoms with Crippen molar-refractivity contribution in [3.8, 4) is 0 Å². The van der Waals surface area contributed by atoms with Crippen LogP contribution in [0.2, 0.25) is 0 Å². The smallest absolute Gasteiger partial charge is 0.306 e. The lowest BCUT2D eigenvalue weighted by molar-refractivity contribution is -0.167. The van der Waals surface area contributed by atoms with Gasteiger partial charge in [-0.15, -0.1) is 0 Å². The van der Waals surface area contributed by atoms with Gasteiger partial charge in [-0.25, -0.2) is 0 Å². The number of allylic oxidation sites excluding steroid dienone is 4. The third-order valence-corrected chi connectivity index (χ3v) is 12.4. The van der Waals surface area contributed by atoms with Crippen LogP contribution in [0.25, 0.3) is 0 Å². The molecule has 0 rings (SSSR count). The minimum absolute atomic E-state index is 0.0720. The molecule has 63 heavy (non-hydrogen) atoms. The molecular formula is C57H106O6. The van der Waals surface area contributed by atoms with Gasteiger partial charge in [-0.1, -0.05) is 263 Å². The van der Waals surface area contributed by atoms with Crippen molar-refractivity contribution in [3.63, 3.8) is 0 Å². The Balaban J connectivity index is 4.23. The number of carbonyl (C=O) groups excluding carboxylic acids is 3. The number of hydrogen-bond donors (Lipinski definition) is 0. The Bertz CT molecular complexity index is 1020. The van der Waals surface area contributed by atoms with Gasteiger partial charge in [-0.2, -0.15) is 0 Å². The molecule has 0 amide bonds. The fraction of sp³-hybridized carbons (Fsp3) is 0.877. The molecule has 0 N–H and O–H groups in total. The number of unbranched alkanes of at least 4 members (excludes halogenated alkanes) is 36. The minimum Gasteiger partial charge on any atom is -0.462 e. The quantitative estimate of drug-likeness (QED) is 0.0262. The molecule has 0 saturated carbocycles. The van der Waals surface area contributed by atoms with Gasteiger partial charge < -0.3 is 14.2 Å². The summed E-state index contributed by atoms with van der Waals surface area (Å²) in [6.07, 6.45) is 60.3. The first-order chi connectivity index (χ1) is 31.0. The van der Waals surface area contributed by atoms with Crippen molar-refractivity contribution in [1.29, 1.82) is 0 Å². The van der Waals surface area contributed by atoms with Crippen LogP contribution in [0, 0.1) is 0 Å². The van der Waals surface area contributed by atoms with Gasteiger partial charge in [-0.05, 0) is 44.9 Å². The number of esters is 3. The van der Waals surface area contributed by atoms with Gasteiger partial charge in [0.1, 0.15) is 13.2 Å². The maximum Gasteiger partial charge on any atom is 0.306 e. The lowest BCUT2D eigenvalue weighted by atomic mass is 10.0. The molecule has 1 unspecified atom stereocenters. The first-order valence-electron chi connectivity index (χ1n) is 27.8. The van der Waals surface area contributed by atoms with Gasteiger partial charge in [0.15, 0.2) is 6.10 Å². The van der Waals surface area contributed by atoms with Gasteiger partial charge in [-0.3, -0.25) is 14.4 Å². The monoisotopic (exact) mass is 887 g/mol.